The maximum absolute atomic E-state index is 14.6. The highest BCUT2D eigenvalue weighted by atomic mass is 79.9. The number of halogens is 3. The summed E-state index contributed by atoms with van der Waals surface area (Å²) in [6.07, 6.45) is 4.03. The number of carbonyl (C=O) groups excluding carboxylic acids is 4. The summed E-state index contributed by atoms with van der Waals surface area (Å²) >= 11 is 9.49. The van der Waals surface area contributed by atoms with Crippen LogP contribution >= 0.6 is 27.5 Å². The van der Waals surface area contributed by atoms with Crippen LogP contribution in [0.5, 0.6) is 11.5 Å². The van der Waals surface area contributed by atoms with E-state index in [1.165, 1.54) is 24.1 Å². The fraction of sp³-hybridized carbons (Fsp3) is 0.278. The number of anilines is 2. The molecule has 2 saturated heterocycles. The quantitative estimate of drug-likeness (QED) is 0.224. The van der Waals surface area contributed by atoms with Crippen LogP contribution in [0, 0.1) is 34.9 Å². The minimum Gasteiger partial charge on any atom is -0.503 e. The molecule has 8 nitrogen and oxygen atoms in total. The SMILES string of the molecule is C=Cc1ccc(N2C(=O)C3CC=C4C(CC5C(=O)N(c6ccc(F)c(Cl)c6)C(=O)C5(C)C4c4cc(Br)c(O)c(OC)c4)C3C2=O)cc1. The van der Waals surface area contributed by atoms with Crippen molar-refractivity contribution in [2.45, 2.75) is 25.7 Å². The number of fused-ring (bicyclic) bond motifs is 4. The Morgan fingerprint density at radius 1 is 1.00 bits per heavy atom. The van der Waals surface area contributed by atoms with E-state index >= 15 is 0 Å². The summed E-state index contributed by atoms with van der Waals surface area (Å²) < 4.78 is 19.9. The number of methoxy groups -OCH3 is 1. The Labute approximate surface area is 283 Å². The molecule has 240 valence electrons. The van der Waals surface area contributed by atoms with Gasteiger partial charge in [-0.2, -0.15) is 0 Å². The summed E-state index contributed by atoms with van der Waals surface area (Å²) in [5.74, 6) is -5.89. The molecule has 4 aliphatic rings. The zero-order chi connectivity index (χ0) is 33.5. The number of imide groups is 2. The van der Waals surface area contributed by atoms with Crippen LogP contribution in [-0.2, 0) is 19.2 Å². The maximum atomic E-state index is 14.6. The van der Waals surface area contributed by atoms with E-state index in [-0.39, 0.29) is 46.9 Å². The third kappa shape index (κ3) is 4.44. The van der Waals surface area contributed by atoms with Gasteiger partial charge in [-0.3, -0.25) is 24.1 Å². The molecule has 1 saturated carbocycles. The molecular weight excluding hydrogens is 691 g/mol. The smallest absolute Gasteiger partial charge is 0.241 e. The standard InChI is InChI=1S/C36H29BrClFN2O6/c1-4-17-5-7-19(8-6-17)40-32(43)22-11-10-21-23(29(22)34(40)45)16-24-33(44)41(20-9-12-27(39)26(38)15-20)35(46)36(24,2)30(21)18-13-25(37)31(42)28(14-18)47-3/h4-10,12-15,22-24,29-30,42H,1,11,16H2,2-3H3. The van der Waals surface area contributed by atoms with Crippen molar-refractivity contribution in [3.63, 3.8) is 0 Å². The molecule has 2 aliphatic carbocycles. The van der Waals surface area contributed by atoms with Gasteiger partial charge in [-0.25, -0.2) is 9.29 Å². The van der Waals surface area contributed by atoms with Gasteiger partial charge in [0.2, 0.25) is 23.6 Å². The molecule has 11 heteroatoms. The van der Waals surface area contributed by atoms with E-state index in [1.54, 1.807) is 49.4 Å². The highest BCUT2D eigenvalue weighted by Crippen LogP contribution is 2.64. The molecule has 47 heavy (non-hydrogen) atoms. The second-order valence-electron chi connectivity index (χ2n) is 12.6. The second kappa shape index (κ2) is 11.2. The van der Waals surface area contributed by atoms with Crippen LogP contribution in [0.4, 0.5) is 15.8 Å². The first-order chi connectivity index (χ1) is 22.4. The lowest BCUT2D eigenvalue weighted by Gasteiger charge is -2.49. The van der Waals surface area contributed by atoms with Crippen molar-refractivity contribution in [1.82, 2.24) is 0 Å². The van der Waals surface area contributed by atoms with Crippen molar-refractivity contribution in [3.8, 4) is 11.5 Å². The number of benzene rings is 3. The summed E-state index contributed by atoms with van der Waals surface area (Å²) in [5, 5.41) is 10.4. The van der Waals surface area contributed by atoms with Gasteiger partial charge >= 0.3 is 0 Å². The number of rotatable bonds is 5. The van der Waals surface area contributed by atoms with Gasteiger partial charge in [0.15, 0.2) is 11.5 Å². The van der Waals surface area contributed by atoms with Crippen molar-refractivity contribution >= 4 is 68.6 Å². The fourth-order valence-corrected chi connectivity index (χ4v) is 8.83. The van der Waals surface area contributed by atoms with Gasteiger partial charge in [0.25, 0.3) is 0 Å². The first kappa shape index (κ1) is 31.3. The van der Waals surface area contributed by atoms with Gasteiger partial charge in [-0.05, 0) is 95.2 Å². The molecule has 3 fully saturated rings. The normalized spacial score (nSPS) is 28.2. The number of hydrogen-bond acceptors (Lipinski definition) is 6. The summed E-state index contributed by atoms with van der Waals surface area (Å²) in [4.78, 5) is 59.3. The Morgan fingerprint density at radius 3 is 2.36 bits per heavy atom. The van der Waals surface area contributed by atoms with Crippen LogP contribution in [0.15, 0.2) is 77.3 Å². The molecule has 6 atom stereocenters. The molecule has 4 amide bonds. The molecule has 0 spiro atoms. The Balaban J connectivity index is 1.38. The topological polar surface area (TPSA) is 104 Å². The third-order valence-corrected chi connectivity index (χ3v) is 11.3. The van der Waals surface area contributed by atoms with Crippen molar-refractivity contribution in [2.75, 3.05) is 16.9 Å². The van der Waals surface area contributed by atoms with E-state index in [0.717, 1.165) is 22.1 Å². The predicted molar refractivity (Wildman–Crippen MR) is 177 cm³/mol. The number of allylic oxidation sites excluding steroid dienone is 2. The van der Waals surface area contributed by atoms with Gasteiger partial charge in [0.1, 0.15) is 5.82 Å². The van der Waals surface area contributed by atoms with Crippen LogP contribution in [0.3, 0.4) is 0 Å². The first-order valence-electron chi connectivity index (χ1n) is 15.1. The highest BCUT2D eigenvalue weighted by Gasteiger charge is 2.67. The maximum Gasteiger partial charge on any atom is 0.241 e. The fourth-order valence-electron chi connectivity index (χ4n) is 8.20. The lowest BCUT2D eigenvalue weighted by atomic mass is 9.51. The van der Waals surface area contributed by atoms with E-state index in [4.69, 9.17) is 16.3 Å². The number of amides is 4. The zero-order valence-corrected chi connectivity index (χ0v) is 27.7. The molecule has 3 aromatic carbocycles. The number of phenolic OH excluding ortho intramolecular Hbond substituents is 1. The van der Waals surface area contributed by atoms with Crippen molar-refractivity contribution in [2.24, 2.45) is 29.1 Å². The summed E-state index contributed by atoms with van der Waals surface area (Å²) in [5.41, 5.74) is 1.45. The van der Waals surface area contributed by atoms with Crippen molar-refractivity contribution in [1.29, 1.82) is 0 Å². The number of aromatic hydroxyl groups is 1. The lowest BCUT2D eigenvalue weighted by molar-refractivity contribution is -0.131. The summed E-state index contributed by atoms with van der Waals surface area (Å²) in [6.45, 7) is 5.50. The molecule has 0 bridgehead atoms. The van der Waals surface area contributed by atoms with E-state index in [0.29, 0.717) is 15.7 Å². The van der Waals surface area contributed by atoms with Crippen LogP contribution in [-0.4, -0.2) is 35.8 Å². The third-order valence-electron chi connectivity index (χ3n) is 10.4. The number of nitrogens with zero attached hydrogens (tertiary/aromatic N) is 2. The zero-order valence-electron chi connectivity index (χ0n) is 25.4. The van der Waals surface area contributed by atoms with Gasteiger partial charge < -0.3 is 9.84 Å². The molecule has 3 aromatic rings. The monoisotopic (exact) mass is 718 g/mol. The average Bonchev–Trinajstić information content (AvgIpc) is 3.43. The largest absolute Gasteiger partial charge is 0.503 e. The lowest BCUT2D eigenvalue weighted by Crippen LogP contribution is -2.48. The van der Waals surface area contributed by atoms with Gasteiger partial charge in [-0.15, -0.1) is 0 Å². The molecule has 2 heterocycles. The first-order valence-corrected chi connectivity index (χ1v) is 16.3. The number of carbonyl (C=O) groups is 4. The predicted octanol–water partition coefficient (Wildman–Crippen LogP) is 7.03. The Hall–Kier alpha value is -4.28. The summed E-state index contributed by atoms with van der Waals surface area (Å²) in [7, 11) is 1.41. The average molecular weight is 720 g/mol. The summed E-state index contributed by atoms with van der Waals surface area (Å²) in [6, 6.07) is 14.0. The van der Waals surface area contributed by atoms with E-state index < -0.39 is 52.6 Å². The Bertz CT molecular complexity index is 1950. The number of hydrogen-bond donors (Lipinski definition) is 1. The van der Waals surface area contributed by atoms with Crippen molar-refractivity contribution < 1.29 is 33.4 Å². The molecule has 7 rings (SSSR count). The minimum absolute atomic E-state index is 0.130. The van der Waals surface area contributed by atoms with Gasteiger partial charge in [-0.1, -0.05) is 48.0 Å². The van der Waals surface area contributed by atoms with Gasteiger partial charge in [0.05, 0.1) is 51.1 Å². The number of phenols is 1. The molecule has 1 N–H and O–H groups in total. The minimum atomic E-state index is -1.35. The second-order valence-corrected chi connectivity index (χ2v) is 13.9. The molecular formula is C36H29BrClFN2O6. The Morgan fingerprint density at radius 2 is 1.70 bits per heavy atom. The van der Waals surface area contributed by atoms with Crippen LogP contribution in [0.1, 0.15) is 36.8 Å². The van der Waals surface area contributed by atoms with Crippen LogP contribution < -0.4 is 14.5 Å². The van der Waals surface area contributed by atoms with Crippen molar-refractivity contribution in [3.05, 3.63) is 99.3 Å². The molecule has 2 aliphatic heterocycles. The molecule has 6 unspecified atom stereocenters. The Kier molecular flexibility index (Phi) is 7.44. The molecule has 0 aromatic heterocycles. The van der Waals surface area contributed by atoms with E-state index in [2.05, 4.69) is 22.5 Å². The van der Waals surface area contributed by atoms with E-state index in [9.17, 15) is 28.7 Å². The van der Waals surface area contributed by atoms with Crippen LogP contribution in [0.25, 0.3) is 6.08 Å². The van der Waals surface area contributed by atoms with E-state index in [1.807, 2.05) is 6.08 Å². The van der Waals surface area contributed by atoms with Crippen LogP contribution in [0.2, 0.25) is 5.02 Å². The van der Waals surface area contributed by atoms with Gasteiger partial charge in [0, 0.05) is 5.92 Å². The molecule has 0 radical (unpaired) electrons. The number of ether oxygens (including phenoxy) is 1. The highest BCUT2D eigenvalue weighted by molar-refractivity contribution is 9.10.